The largest absolute Gasteiger partial charge is 0.379 e. The molecule has 3 heterocycles. The Labute approximate surface area is 160 Å². The van der Waals surface area contributed by atoms with Gasteiger partial charge in [0.15, 0.2) is 0 Å². The monoisotopic (exact) mass is 378 g/mol. The van der Waals surface area contributed by atoms with Crippen LogP contribution in [0.25, 0.3) is 0 Å². The van der Waals surface area contributed by atoms with Crippen LogP contribution in [0.3, 0.4) is 0 Å². The first kappa shape index (κ1) is 19.7. The Morgan fingerprint density at radius 1 is 1.26 bits per heavy atom. The van der Waals surface area contributed by atoms with Crippen LogP contribution in [0.5, 0.6) is 0 Å². The van der Waals surface area contributed by atoms with Gasteiger partial charge in [-0.05, 0) is 19.8 Å². The minimum Gasteiger partial charge on any atom is -0.379 e. The van der Waals surface area contributed by atoms with Crippen molar-refractivity contribution >= 4 is 11.9 Å². The standard InChI is InChI=1S/C19H30N4O4/c1-13-9-16(27-20-13)10-15-11-23(12-17(15)26-4)18(24)14-5-7-22(8-6-14)19(25)21(2)3/h9,14-15,17H,5-8,10-12H2,1-4H3/t15-,17+/m1/s1. The van der Waals surface area contributed by atoms with Gasteiger partial charge in [-0.3, -0.25) is 4.79 Å². The predicted molar refractivity (Wildman–Crippen MR) is 99.2 cm³/mol. The summed E-state index contributed by atoms with van der Waals surface area (Å²) >= 11 is 0. The van der Waals surface area contributed by atoms with Crippen LogP contribution in [-0.2, 0) is 16.0 Å². The number of aromatic nitrogens is 1. The predicted octanol–water partition coefficient (Wildman–Crippen LogP) is 1.39. The maximum Gasteiger partial charge on any atom is 0.319 e. The van der Waals surface area contributed by atoms with Gasteiger partial charge in [-0.15, -0.1) is 0 Å². The first-order valence-corrected chi connectivity index (χ1v) is 9.59. The minimum absolute atomic E-state index is 0.00904. The summed E-state index contributed by atoms with van der Waals surface area (Å²) in [7, 11) is 5.21. The van der Waals surface area contributed by atoms with E-state index in [1.54, 1.807) is 26.1 Å². The second-order valence-corrected chi connectivity index (χ2v) is 7.85. The highest BCUT2D eigenvalue weighted by Crippen LogP contribution is 2.28. The van der Waals surface area contributed by atoms with Crippen molar-refractivity contribution in [2.75, 3.05) is 47.4 Å². The molecule has 0 bridgehead atoms. The van der Waals surface area contributed by atoms with Crippen molar-refractivity contribution in [1.82, 2.24) is 19.9 Å². The second kappa shape index (κ2) is 8.29. The van der Waals surface area contributed by atoms with Gasteiger partial charge in [-0.25, -0.2) is 4.79 Å². The number of rotatable bonds is 4. The molecule has 3 amide bonds. The van der Waals surface area contributed by atoms with Gasteiger partial charge < -0.3 is 24.0 Å². The van der Waals surface area contributed by atoms with E-state index in [1.807, 2.05) is 22.8 Å². The van der Waals surface area contributed by atoms with Gasteiger partial charge in [0.1, 0.15) is 5.76 Å². The summed E-state index contributed by atoms with van der Waals surface area (Å²) in [4.78, 5) is 30.4. The Kier molecular flexibility index (Phi) is 6.04. The van der Waals surface area contributed by atoms with Crippen LogP contribution in [0.4, 0.5) is 4.79 Å². The molecule has 0 unspecified atom stereocenters. The van der Waals surface area contributed by atoms with Crippen molar-refractivity contribution in [2.45, 2.75) is 32.3 Å². The van der Waals surface area contributed by atoms with Crippen LogP contribution in [0.2, 0.25) is 0 Å². The third-order valence-corrected chi connectivity index (χ3v) is 5.63. The van der Waals surface area contributed by atoms with E-state index >= 15 is 0 Å². The number of hydrogen-bond acceptors (Lipinski definition) is 5. The van der Waals surface area contributed by atoms with Crippen LogP contribution < -0.4 is 0 Å². The third-order valence-electron chi connectivity index (χ3n) is 5.63. The molecule has 2 atom stereocenters. The number of methoxy groups -OCH3 is 1. The number of likely N-dealkylation sites (tertiary alicyclic amines) is 2. The average Bonchev–Trinajstić information content (AvgIpc) is 3.26. The quantitative estimate of drug-likeness (QED) is 0.791. The number of carbonyl (C=O) groups excluding carboxylic acids is 2. The van der Waals surface area contributed by atoms with Crippen molar-refractivity contribution in [3.05, 3.63) is 17.5 Å². The normalized spacial score (nSPS) is 23.7. The van der Waals surface area contributed by atoms with Gasteiger partial charge in [0.2, 0.25) is 5.91 Å². The van der Waals surface area contributed by atoms with Crippen molar-refractivity contribution in [3.63, 3.8) is 0 Å². The highest BCUT2D eigenvalue weighted by Gasteiger charge is 2.39. The van der Waals surface area contributed by atoms with Gasteiger partial charge in [0, 0.05) is 71.7 Å². The lowest BCUT2D eigenvalue weighted by Gasteiger charge is -2.34. The van der Waals surface area contributed by atoms with Crippen LogP contribution >= 0.6 is 0 Å². The number of hydrogen-bond donors (Lipinski definition) is 0. The molecule has 1 aromatic heterocycles. The Hall–Kier alpha value is -2.09. The van der Waals surface area contributed by atoms with Gasteiger partial charge >= 0.3 is 6.03 Å². The molecule has 0 aliphatic carbocycles. The van der Waals surface area contributed by atoms with Crippen LogP contribution in [0, 0.1) is 18.8 Å². The molecule has 2 aliphatic heterocycles. The van der Waals surface area contributed by atoms with E-state index in [1.165, 1.54) is 0 Å². The lowest BCUT2D eigenvalue weighted by Crippen LogP contribution is -2.47. The maximum absolute atomic E-state index is 13.0. The molecule has 8 nitrogen and oxygen atoms in total. The van der Waals surface area contributed by atoms with Gasteiger partial charge in [0.25, 0.3) is 0 Å². The Morgan fingerprint density at radius 3 is 2.52 bits per heavy atom. The Bertz CT molecular complexity index is 666. The van der Waals surface area contributed by atoms with Crippen LogP contribution in [0.1, 0.15) is 24.3 Å². The minimum atomic E-state index is -0.0139. The fourth-order valence-electron chi connectivity index (χ4n) is 4.11. The zero-order chi connectivity index (χ0) is 19.6. The number of nitrogens with zero attached hydrogens (tertiary/aromatic N) is 4. The molecular weight excluding hydrogens is 348 g/mol. The Morgan fingerprint density at radius 2 is 1.96 bits per heavy atom. The molecule has 2 aliphatic rings. The number of carbonyl (C=O) groups is 2. The van der Waals surface area contributed by atoms with E-state index < -0.39 is 0 Å². The topological polar surface area (TPSA) is 79.1 Å². The zero-order valence-electron chi connectivity index (χ0n) is 16.7. The molecule has 0 radical (unpaired) electrons. The first-order valence-electron chi connectivity index (χ1n) is 9.59. The smallest absolute Gasteiger partial charge is 0.319 e. The molecule has 150 valence electrons. The van der Waals surface area contributed by atoms with Gasteiger partial charge in [-0.2, -0.15) is 0 Å². The lowest BCUT2D eigenvalue weighted by atomic mass is 9.95. The Balaban J connectivity index is 1.55. The summed E-state index contributed by atoms with van der Waals surface area (Å²) in [5, 5.41) is 3.94. The number of amides is 3. The first-order chi connectivity index (χ1) is 12.9. The molecular formula is C19H30N4O4. The SMILES string of the molecule is CO[C@H]1CN(C(=O)C2CCN(C(=O)N(C)C)CC2)C[C@H]1Cc1cc(C)no1. The van der Waals surface area contributed by atoms with E-state index in [0.717, 1.165) is 30.7 Å². The second-order valence-electron chi connectivity index (χ2n) is 7.85. The van der Waals surface area contributed by atoms with Gasteiger partial charge in [-0.1, -0.05) is 5.16 Å². The molecule has 3 rings (SSSR count). The fraction of sp³-hybridized carbons (Fsp3) is 0.737. The van der Waals surface area contributed by atoms with Crippen molar-refractivity contribution < 1.29 is 18.8 Å². The van der Waals surface area contributed by atoms with Gasteiger partial charge in [0.05, 0.1) is 11.8 Å². The zero-order valence-corrected chi connectivity index (χ0v) is 16.7. The number of ether oxygens (including phenoxy) is 1. The summed E-state index contributed by atoms with van der Waals surface area (Å²) in [6, 6.07) is 1.96. The summed E-state index contributed by atoms with van der Waals surface area (Å²) in [6.45, 7) is 4.46. The van der Waals surface area contributed by atoms with Crippen molar-refractivity contribution in [3.8, 4) is 0 Å². The summed E-state index contributed by atoms with van der Waals surface area (Å²) in [5.74, 6) is 1.22. The van der Waals surface area contributed by atoms with Crippen molar-refractivity contribution in [1.29, 1.82) is 0 Å². The van der Waals surface area contributed by atoms with E-state index in [-0.39, 0.29) is 29.9 Å². The van der Waals surface area contributed by atoms with Crippen LogP contribution in [-0.4, -0.2) is 85.3 Å². The molecule has 0 N–H and O–H groups in total. The molecule has 2 saturated heterocycles. The molecule has 1 aromatic rings. The van der Waals surface area contributed by atoms with E-state index in [2.05, 4.69) is 5.16 Å². The van der Waals surface area contributed by atoms with E-state index in [4.69, 9.17) is 9.26 Å². The number of urea groups is 1. The molecule has 8 heteroatoms. The summed E-state index contributed by atoms with van der Waals surface area (Å²) < 4.78 is 11.0. The van der Waals surface area contributed by atoms with Crippen LogP contribution in [0.15, 0.2) is 10.6 Å². The molecule has 2 fully saturated rings. The number of piperidine rings is 1. The number of aryl methyl sites for hydroxylation is 1. The lowest BCUT2D eigenvalue weighted by molar-refractivity contribution is -0.136. The maximum atomic E-state index is 13.0. The fourth-order valence-corrected chi connectivity index (χ4v) is 4.11. The average molecular weight is 378 g/mol. The molecule has 27 heavy (non-hydrogen) atoms. The van der Waals surface area contributed by atoms with E-state index in [0.29, 0.717) is 26.2 Å². The van der Waals surface area contributed by atoms with E-state index in [9.17, 15) is 9.59 Å². The highest BCUT2D eigenvalue weighted by molar-refractivity contribution is 5.80. The highest BCUT2D eigenvalue weighted by atomic mass is 16.5. The molecule has 0 aromatic carbocycles. The third kappa shape index (κ3) is 4.43. The molecule has 0 saturated carbocycles. The van der Waals surface area contributed by atoms with Crippen molar-refractivity contribution in [2.24, 2.45) is 11.8 Å². The summed E-state index contributed by atoms with van der Waals surface area (Å²) in [5.41, 5.74) is 0.865. The summed E-state index contributed by atoms with van der Waals surface area (Å²) in [6.07, 6.45) is 2.17. The molecule has 0 spiro atoms.